The third kappa shape index (κ3) is 7.39. The Morgan fingerprint density at radius 1 is 1.04 bits per heavy atom. The molecule has 0 aliphatic heterocycles. The van der Waals surface area contributed by atoms with Gasteiger partial charge in [-0.2, -0.15) is 5.10 Å². The van der Waals surface area contributed by atoms with Crippen molar-refractivity contribution in [2.45, 2.75) is 38.4 Å². The summed E-state index contributed by atoms with van der Waals surface area (Å²) in [7, 11) is -4.02. The number of ether oxygens (including phenoxy) is 2. The van der Waals surface area contributed by atoms with Crippen LogP contribution in [0.1, 0.15) is 39.0 Å². The SMILES string of the molecule is Cc1cc(Oc2ccccc2F)ccc1-n1ncc(C(=O)C2=Cc3cc(OCC(F)F)c(CS(=O)(=O)CCC(F)F)cc3C2)c1N. The minimum Gasteiger partial charge on any atom is -0.487 e. The van der Waals surface area contributed by atoms with Crippen LogP contribution in [0.4, 0.5) is 27.8 Å². The van der Waals surface area contributed by atoms with Gasteiger partial charge in [-0.15, -0.1) is 0 Å². The molecule has 1 heterocycles. The highest BCUT2D eigenvalue weighted by atomic mass is 32.2. The molecule has 2 N–H and O–H groups in total. The number of nitrogen functional groups attached to an aromatic ring is 1. The van der Waals surface area contributed by atoms with Gasteiger partial charge in [-0.05, 0) is 66.1 Å². The van der Waals surface area contributed by atoms with Gasteiger partial charge in [0.1, 0.15) is 23.9 Å². The second-order valence-corrected chi connectivity index (χ2v) is 12.8. The van der Waals surface area contributed by atoms with Crippen molar-refractivity contribution in [3.8, 4) is 22.9 Å². The molecule has 242 valence electrons. The fourth-order valence-electron chi connectivity index (χ4n) is 5.03. The van der Waals surface area contributed by atoms with E-state index in [9.17, 15) is 35.2 Å². The summed E-state index contributed by atoms with van der Waals surface area (Å²) in [6.07, 6.45) is -3.62. The number of carbonyl (C=O) groups excluding carboxylic acids is 1. The largest absolute Gasteiger partial charge is 0.487 e. The molecule has 8 nitrogen and oxygen atoms in total. The summed E-state index contributed by atoms with van der Waals surface area (Å²) in [4.78, 5) is 13.6. The normalized spacial score (nSPS) is 12.8. The van der Waals surface area contributed by atoms with Crippen molar-refractivity contribution in [3.63, 3.8) is 0 Å². The van der Waals surface area contributed by atoms with Gasteiger partial charge in [-0.3, -0.25) is 4.79 Å². The molecule has 0 atom stereocenters. The number of anilines is 1. The number of carbonyl (C=O) groups is 1. The molecule has 4 aromatic rings. The zero-order valence-corrected chi connectivity index (χ0v) is 25.2. The van der Waals surface area contributed by atoms with Gasteiger partial charge in [0, 0.05) is 24.0 Å². The van der Waals surface area contributed by atoms with E-state index in [4.69, 9.17) is 15.2 Å². The van der Waals surface area contributed by atoms with Gasteiger partial charge in [0.15, 0.2) is 27.2 Å². The van der Waals surface area contributed by atoms with Gasteiger partial charge in [0.05, 0.1) is 29.0 Å². The zero-order valence-electron chi connectivity index (χ0n) is 24.4. The number of alkyl halides is 4. The van der Waals surface area contributed by atoms with Crippen LogP contribution in [0.2, 0.25) is 0 Å². The fourth-order valence-corrected chi connectivity index (χ4v) is 6.41. The van der Waals surface area contributed by atoms with Crippen molar-refractivity contribution in [2.75, 3.05) is 18.1 Å². The summed E-state index contributed by atoms with van der Waals surface area (Å²) in [5.41, 5.74) is 8.95. The van der Waals surface area contributed by atoms with E-state index in [0.717, 1.165) is 0 Å². The van der Waals surface area contributed by atoms with Gasteiger partial charge in [-0.25, -0.2) is 35.1 Å². The number of fused-ring (bicyclic) bond motifs is 1. The van der Waals surface area contributed by atoms with E-state index < -0.39 is 58.8 Å². The number of allylic oxidation sites excluding steroid dienone is 1. The van der Waals surface area contributed by atoms with Gasteiger partial charge >= 0.3 is 0 Å². The highest BCUT2D eigenvalue weighted by Crippen LogP contribution is 2.36. The summed E-state index contributed by atoms with van der Waals surface area (Å²) >= 11 is 0. The summed E-state index contributed by atoms with van der Waals surface area (Å²) in [5, 5.41) is 4.29. The number of para-hydroxylation sites is 1. The maximum Gasteiger partial charge on any atom is 0.272 e. The Kier molecular flexibility index (Phi) is 9.47. The van der Waals surface area contributed by atoms with Crippen molar-refractivity contribution in [1.29, 1.82) is 0 Å². The maximum atomic E-state index is 14.0. The molecule has 0 saturated heterocycles. The Balaban J connectivity index is 1.37. The lowest BCUT2D eigenvalue weighted by molar-refractivity contribution is 0.0815. The molecule has 0 spiro atoms. The van der Waals surface area contributed by atoms with E-state index in [1.807, 2.05) is 0 Å². The van der Waals surface area contributed by atoms with E-state index in [1.165, 1.54) is 41.2 Å². The van der Waals surface area contributed by atoms with Crippen molar-refractivity contribution >= 4 is 27.5 Å². The molecule has 1 aliphatic rings. The van der Waals surface area contributed by atoms with E-state index >= 15 is 0 Å². The molecule has 1 aromatic heterocycles. The minimum atomic E-state index is -4.02. The number of aryl methyl sites for hydroxylation is 1. The number of aromatic nitrogens is 2. The molecule has 0 unspecified atom stereocenters. The van der Waals surface area contributed by atoms with Crippen LogP contribution < -0.4 is 15.2 Å². The highest BCUT2D eigenvalue weighted by Gasteiger charge is 2.27. The number of benzene rings is 3. The number of halogens is 5. The highest BCUT2D eigenvalue weighted by molar-refractivity contribution is 7.90. The predicted octanol–water partition coefficient (Wildman–Crippen LogP) is 6.73. The lowest BCUT2D eigenvalue weighted by atomic mass is 10.0. The molecule has 0 radical (unpaired) electrons. The van der Waals surface area contributed by atoms with Crippen LogP contribution in [0.3, 0.4) is 0 Å². The van der Waals surface area contributed by atoms with E-state index in [1.54, 1.807) is 37.3 Å². The average molecular weight is 662 g/mol. The first-order chi connectivity index (χ1) is 21.8. The maximum absolute atomic E-state index is 14.0. The first-order valence-corrected chi connectivity index (χ1v) is 15.8. The molecule has 14 heteroatoms. The number of hydrogen-bond acceptors (Lipinski definition) is 7. The molecule has 0 bridgehead atoms. The average Bonchev–Trinajstić information content (AvgIpc) is 3.58. The van der Waals surface area contributed by atoms with Crippen LogP contribution in [-0.2, 0) is 22.0 Å². The predicted molar refractivity (Wildman–Crippen MR) is 161 cm³/mol. The van der Waals surface area contributed by atoms with Crippen molar-refractivity contribution in [3.05, 3.63) is 100 Å². The molecular weight excluding hydrogens is 633 g/mol. The van der Waals surface area contributed by atoms with Crippen molar-refractivity contribution < 1.29 is 44.6 Å². The second-order valence-electron chi connectivity index (χ2n) is 10.6. The van der Waals surface area contributed by atoms with Gasteiger partial charge in [0.25, 0.3) is 6.43 Å². The van der Waals surface area contributed by atoms with E-state index in [0.29, 0.717) is 28.1 Å². The number of hydrogen-bond donors (Lipinski definition) is 1. The molecule has 1 aliphatic carbocycles. The summed E-state index contributed by atoms with van der Waals surface area (Å²) in [6, 6.07) is 13.7. The molecule has 3 aromatic carbocycles. The molecule has 0 saturated carbocycles. The molecule has 0 fully saturated rings. The third-order valence-corrected chi connectivity index (χ3v) is 8.83. The van der Waals surface area contributed by atoms with Crippen LogP contribution in [0.25, 0.3) is 11.8 Å². The van der Waals surface area contributed by atoms with Crippen LogP contribution in [0.15, 0.2) is 66.4 Å². The molecular formula is C32H28F5N3O5S. The zero-order chi connectivity index (χ0) is 33.2. The second kappa shape index (κ2) is 13.3. The standard InChI is InChI=1S/C32H28F5N3O5S/c1-18-10-23(45-27-5-3-2-4-25(27)33)6-7-26(18)40-32(38)24(15-39-40)31(41)21-11-19-13-22(17-46(42,43)9-8-29(34)35)28(14-20(19)12-21)44-16-30(36)37/h2-7,10,12-15,29-30H,8-9,11,16-17,38H2,1H3. The quantitative estimate of drug-likeness (QED) is 0.125. The van der Waals surface area contributed by atoms with Gasteiger partial charge in [-0.1, -0.05) is 18.2 Å². The first-order valence-electron chi connectivity index (χ1n) is 14.0. The van der Waals surface area contributed by atoms with E-state index in [2.05, 4.69) is 5.10 Å². The Morgan fingerprint density at radius 2 is 1.80 bits per heavy atom. The van der Waals surface area contributed by atoms with Crippen LogP contribution in [0.5, 0.6) is 17.2 Å². The Labute approximate surface area is 261 Å². The number of nitrogens with two attached hydrogens (primary N) is 1. The van der Waals surface area contributed by atoms with Crippen molar-refractivity contribution in [1.82, 2.24) is 9.78 Å². The molecule has 5 rings (SSSR count). The third-order valence-electron chi connectivity index (χ3n) is 7.22. The lowest BCUT2D eigenvalue weighted by Gasteiger charge is -2.14. The fraction of sp³-hybridized carbons (Fsp3) is 0.250. The summed E-state index contributed by atoms with van der Waals surface area (Å²) in [5.74, 6) is -2.14. The number of Topliss-reactive ketones (excluding diaryl/α,β-unsaturated/α-hetero) is 1. The monoisotopic (exact) mass is 661 g/mol. The Morgan fingerprint density at radius 3 is 2.50 bits per heavy atom. The number of nitrogens with zero attached hydrogens (tertiary/aromatic N) is 2. The van der Waals surface area contributed by atoms with Crippen LogP contribution in [-0.4, -0.2) is 49.2 Å². The Bertz CT molecular complexity index is 1930. The van der Waals surface area contributed by atoms with Gasteiger partial charge in [0.2, 0.25) is 6.43 Å². The lowest BCUT2D eigenvalue weighted by Crippen LogP contribution is -2.14. The van der Waals surface area contributed by atoms with Crippen molar-refractivity contribution in [2.24, 2.45) is 0 Å². The number of rotatable bonds is 13. The Hall–Kier alpha value is -4.72. The van der Waals surface area contributed by atoms with Crippen LogP contribution in [0, 0.1) is 12.7 Å². The first kappa shape index (κ1) is 32.7. The minimum absolute atomic E-state index is 0.0287. The molecule has 46 heavy (non-hydrogen) atoms. The summed E-state index contributed by atoms with van der Waals surface area (Å²) < 4.78 is 102. The smallest absolute Gasteiger partial charge is 0.272 e. The summed E-state index contributed by atoms with van der Waals surface area (Å²) in [6.45, 7) is 0.755. The number of sulfone groups is 1. The van der Waals surface area contributed by atoms with Crippen LogP contribution >= 0.6 is 0 Å². The topological polar surface area (TPSA) is 114 Å². The molecule has 0 amide bonds. The van der Waals surface area contributed by atoms with E-state index in [-0.39, 0.29) is 40.4 Å². The van der Waals surface area contributed by atoms with Gasteiger partial charge < -0.3 is 15.2 Å². The number of ketones is 1.